The number of hydrogen-bond donors (Lipinski definition) is 3. The van der Waals surface area contributed by atoms with Crippen LogP contribution in [0.3, 0.4) is 0 Å². The molecule has 1 aliphatic heterocycles. The highest BCUT2D eigenvalue weighted by Gasteiger charge is 2.14. The maximum absolute atomic E-state index is 12.0. The van der Waals surface area contributed by atoms with Gasteiger partial charge in [-0.15, -0.1) is 12.4 Å². The van der Waals surface area contributed by atoms with Crippen molar-refractivity contribution in [1.29, 1.82) is 0 Å². The number of amides is 2. The van der Waals surface area contributed by atoms with Gasteiger partial charge in [0.2, 0.25) is 0 Å². The van der Waals surface area contributed by atoms with Crippen molar-refractivity contribution >= 4 is 24.2 Å². The van der Waals surface area contributed by atoms with E-state index in [0.29, 0.717) is 23.6 Å². The van der Waals surface area contributed by atoms with E-state index >= 15 is 0 Å². The molecule has 0 aliphatic carbocycles. The molecule has 1 heterocycles. The third kappa shape index (κ3) is 5.02. The topological polar surface area (TPSA) is 70.2 Å². The lowest BCUT2D eigenvalue weighted by atomic mass is 10.1. The van der Waals surface area contributed by atoms with Crippen molar-refractivity contribution < 1.29 is 9.59 Å². The summed E-state index contributed by atoms with van der Waals surface area (Å²) in [5.41, 5.74) is 1.02. The van der Waals surface area contributed by atoms with E-state index < -0.39 is 0 Å². The first-order valence-electron chi connectivity index (χ1n) is 7.02. The average molecular weight is 312 g/mol. The third-order valence-electron chi connectivity index (χ3n) is 3.61. The number of benzene rings is 1. The molecule has 1 aliphatic rings. The molecule has 1 unspecified atom stereocenters. The molecule has 1 atom stereocenters. The molecule has 1 saturated heterocycles. The molecule has 1 aromatic rings. The highest BCUT2D eigenvalue weighted by Crippen LogP contribution is 2.11. The molecule has 0 radical (unpaired) electrons. The Labute approximate surface area is 131 Å². The Hall–Kier alpha value is -1.59. The fourth-order valence-corrected chi connectivity index (χ4v) is 2.40. The number of hydrogen-bond acceptors (Lipinski definition) is 3. The van der Waals surface area contributed by atoms with Crippen LogP contribution < -0.4 is 16.0 Å². The molecule has 6 heteroatoms. The molecule has 1 fully saturated rings. The van der Waals surface area contributed by atoms with Gasteiger partial charge in [0.25, 0.3) is 11.8 Å². The lowest BCUT2D eigenvalue weighted by molar-refractivity contribution is 0.0951. The van der Waals surface area contributed by atoms with Crippen LogP contribution in [-0.4, -0.2) is 38.5 Å². The van der Waals surface area contributed by atoms with Gasteiger partial charge in [0.1, 0.15) is 0 Å². The fraction of sp³-hybridized carbons (Fsp3) is 0.467. The van der Waals surface area contributed by atoms with E-state index in [9.17, 15) is 9.59 Å². The second-order valence-electron chi connectivity index (χ2n) is 5.06. The van der Waals surface area contributed by atoms with Crippen molar-refractivity contribution in [2.24, 2.45) is 5.92 Å². The van der Waals surface area contributed by atoms with Crippen LogP contribution >= 0.6 is 12.4 Å². The normalized spacial score (nSPS) is 16.9. The van der Waals surface area contributed by atoms with Crippen LogP contribution in [0.25, 0.3) is 0 Å². The van der Waals surface area contributed by atoms with Crippen LogP contribution in [-0.2, 0) is 0 Å². The van der Waals surface area contributed by atoms with Crippen molar-refractivity contribution in [2.45, 2.75) is 12.8 Å². The van der Waals surface area contributed by atoms with Gasteiger partial charge in [-0.05, 0) is 50.0 Å². The summed E-state index contributed by atoms with van der Waals surface area (Å²) in [5, 5.41) is 8.77. The van der Waals surface area contributed by atoms with Crippen LogP contribution in [0.4, 0.5) is 0 Å². The monoisotopic (exact) mass is 311 g/mol. The average Bonchev–Trinajstić information content (AvgIpc) is 2.99. The lowest BCUT2D eigenvalue weighted by Crippen LogP contribution is -2.27. The van der Waals surface area contributed by atoms with E-state index in [1.807, 2.05) is 0 Å². The maximum atomic E-state index is 12.0. The molecule has 21 heavy (non-hydrogen) atoms. The Morgan fingerprint density at radius 3 is 2.62 bits per heavy atom. The van der Waals surface area contributed by atoms with E-state index in [1.165, 1.54) is 6.42 Å². The first-order chi connectivity index (χ1) is 9.70. The summed E-state index contributed by atoms with van der Waals surface area (Å²) >= 11 is 0. The summed E-state index contributed by atoms with van der Waals surface area (Å²) in [6.07, 6.45) is 2.18. The molecule has 2 rings (SSSR count). The summed E-state index contributed by atoms with van der Waals surface area (Å²) in [6, 6.07) is 6.75. The van der Waals surface area contributed by atoms with E-state index in [0.717, 1.165) is 19.5 Å². The van der Waals surface area contributed by atoms with Gasteiger partial charge >= 0.3 is 0 Å². The van der Waals surface area contributed by atoms with Crippen molar-refractivity contribution in [3.8, 4) is 0 Å². The zero-order chi connectivity index (χ0) is 14.4. The zero-order valence-corrected chi connectivity index (χ0v) is 13.0. The number of carbonyl (C=O) groups excluding carboxylic acids is 2. The smallest absolute Gasteiger partial charge is 0.251 e. The van der Waals surface area contributed by atoms with Gasteiger partial charge in [0.05, 0.1) is 0 Å². The lowest BCUT2D eigenvalue weighted by Gasteiger charge is -2.10. The van der Waals surface area contributed by atoms with Crippen molar-refractivity contribution in [3.63, 3.8) is 0 Å². The second-order valence-corrected chi connectivity index (χ2v) is 5.06. The van der Waals surface area contributed by atoms with Gasteiger partial charge in [-0.3, -0.25) is 9.59 Å². The summed E-state index contributed by atoms with van der Waals surface area (Å²) in [4.78, 5) is 23.5. The Kier molecular flexibility index (Phi) is 7.19. The summed E-state index contributed by atoms with van der Waals surface area (Å²) < 4.78 is 0. The molecule has 116 valence electrons. The molecule has 2 amide bonds. The first kappa shape index (κ1) is 17.5. The Bertz CT molecular complexity index is 488. The van der Waals surface area contributed by atoms with Crippen LogP contribution in [0.1, 0.15) is 33.6 Å². The van der Waals surface area contributed by atoms with Gasteiger partial charge in [0, 0.05) is 24.7 Å². The van der Waals surface area contributed by atoms with E-state index in [1.54, 1.807) is 31.3 Å². The summed E-state index contributed by atoms with van der Waals surface area (Å²) in [5.74, 6) is 0.353. The SMILES string of the molecule is CNC(=O)c1cccc(C(=O)NCCC2CCNC2)c1.Cl. The van der Waals surface area contributed by atoms with E-state index in [2.05, 4.69) is 16.0 Å². The van der Waals surface area contributed by atoms with Gasteiger partial charge in [-0.2, -0.15) is 0 Å². The molecule has 0 aromatic heterocycles. The van der Waals surface area contributed by atoms with E-state index in [-0.39, 0.29) is 24.2 Å². The van der Waals surface area contributed by atoms with Crippen molar-refractivity contribution in [2.75, 3.05) is 26.7 Å². The van der Waals surface area contributed by atoms with Gasteiger partial charge in [0.15, 0.2) is 0 Å². The summed E-state index contributed by atoms with van der Waals surface area (Å²) in [7, 11) is 1.57. The Morgan fingerprint density at radius 1 is 1.29 bits per heavy atom. The number of carbonyl (C=O) groups is 2. The third-order valence-corrected chi connectivity index (χ3v) is 3.61. The fourth-order valence-electron chi connectivity index (χ4n) is 2.40. The number of rotatable bonds is 5. The number of halogens is 1. The largest absolute Gasteiger partial charge is 0.355 e. The molecule has 3 N–H and O–H groups in total. The van der Waals surface area contributed by atoms with Crippen molar-refractivity contribution in [3.05, 3.63) is 35.4 Å². The first-order valence-corrected chi connectivity index (χ1v) is 7.02. The predicted octanol–water partition coefficient (Wildman–Crippen LogP) is 1.20. The standard InChI is InChI=1S/C15H21N3O2.ClH/c1-16-14(19)12-3-2-4-13(9-12)15(20)18-8-6-11-5-7-17-10-11;/h2-4,9,11,17H,5-8,10H2,1H3,(H,16,19)(H,18,20);1H. The van der Waals surface area contributed by atoms with Gasteiger partial charge in [-0.1, -0.05) is 6.07 Å². The van der Waals surface area contributed by atoms with Crippen LogP contribution in [0.2, 0.25) is 0 Å². The Morgan fingerprint density at radius 2 is 2.00 bits per heavy atom. The molecule has 0 bridgehead atoms. The number of nitrogens with one attached hydrogen (secondary N) is 3. The highest BCUT2D eigenvalue weighted by atomic mass is 35.5. The maximum Gasteiger partial charge on any atom is 0.251 e. The minimum atomic E-state index is -0.184. The molecule has 0 saturated carbocycles. The molecule has 1 aromatic carbocycles. The van der Waals surface area contributed by atoms with Crippen LogP contribution in [0.5, 0.6) is 0 Å². The predicted molar refractivity (Wildman–Crippen MR) is 85.0 cm³/mol. The van der Waals surface area contributed by atoms with Crippen LogP contribution in [0.15, 0.2) is 24.3 Å². The minimum Gasteiger partial charge on any atom is -0.355 e. The van der Waals surface area contributed by atoms with E-state index in [4.69, 9.17) is 0 Å². The minimum absolute atomic E-state index is 0. The highest BCUT2D eigenvalue weighted by molar-refractivity contribution is 5.99. The molecule has 5 nitrogen and oxygen atoms in total. The second kappa shape index (κ2) is 8.64. The Balaban J connectivity index is 0.00000220. The molecule has 0 spiro atoms. The van der Waals surface area contributed by atoms with Crippen molar-refractivity contribution in [1.82, 2.24) is 16.0 Å². The molecular weight excluding hydrogens is 290 g/mol. The van der Waals surface area contributed by atoms with Crippen LogP contribution in [0, 0.1) is 5.92 Å². The quantitative estimate of drug-likeness (QED) is 0.765. The van der Waals surface area contributed by atoms with Gasteiger partial charge in [-0.25, -0.2) is 0 Å². The van der Waals surface area contributed by atoms with Gasteiger partial charge < -0.3 is 16.0 Å². The summed E-state index contributed by atoms with van der Waals surface area (Å²) in [6.45, 7) is 2.80. The molecular formula is C15H22ClN3O2. The zero-order valence-electron chi connectivity index (χ0n) is 12.1.